The maximum Gasteiger partial charge on any atom is 0.261 e. The summed E-state index contributed by atoms with van der Waals surface area (Å²) in [4.78, 5) is 27.1. The van der Waals surface area contributed by atoms with E-state index in [9.17, 15) is 9.59 Å². The zero-order valence-electron chi connectivity index (χ0n) is 17.4. The van der Waals surface area contributed by atoms with Crippen LogP contribution in [0.1, 0.15) is 26.3 Å². The Morgan fingerprint density at radius 3 is 2.37 bits per heavy atom. The number of nitrogens with zero attached hydrogens (tertiary/aromatic N) is 1. The van der Waals surface area contributed by atoms with Crippen LogP contribution in [0.5, 0.6) is 11.5 Å². The van der Waals surface area contributed by atoms with Gasteiger partial charge in [0.25, 0.3) is 5.91 Å². The quantitative estimate of drug-likeness (QED) is 0.556. The minimum absolute atomic E-state index is 0.0317. The van der Waals surface area contributed by atoms with Gasteiger partial charge in [0.1, 0.15) is 17.5 Å². The predicted octanol–water partition coefficient (Wildman–Crippen LogP) is 4.43. The van der Waals surface area contributed by atoms with Crippen LogP contribution in [-0.4, -0.2) is 42.5 Å². The second-order valence-electron chi connectivity index (χ2n) is 7.07. The minimum atomic E-state index is -0.675. The van der Waals surface area contributed by atoms with Gasteiger partial charge in [-0.2, -0.15) is 0 Å². The molecular formula is C22H26BrClN2O4. The molecule has 0 spiro atoms. The van der Waals surface area contributed by atoms with Gasteiger partial charge < -0.3 is 19.7 Å². The van der Waals surface area contributed by atoms with Gasteiger partial charge in [0.15, 0.2) is 6.61 Å². The highest BCUT2D eigenvalue weighted by Gasteiger charge is 2.27. The highest BCUT2D eigenvalue weighted by Crippen LogP contribution is 2.27. The lowest BCUT2D eigenvalue weighted by Crippen LogP contribution is -2.50. The number of carbonyl (C=O) groups excluding carboxylic acids is 2. The lowest BCUT2D eigenvalue weighted by molar-refractivity contribution is -0.142. The maximum atomic E-state index is 13.0. The fraction of sp³-hybridized carbons (Fsp3) is 0.364. The number of hydrogen-bond donors (Lipinski definition) is 1. The molecule has 0 radical (unpaired) electrons. The molecule has 0 aromatic heterocycles. The van der Waals surface area contributed by atoms with E-state index in [0.717, 1.165) is 15.8 Å². The first kappa shape index (κ1) is 24.0. The molecule has 0 aliphatic carbocycles. The van der Waals surface area contributed by atoms with Crippen LogP contribution in [0, 0.1) is 0 Å². The number of benzene rings is 2. The van der Waals surface area contributed by atoms with E-state index in [4.69, 9.17) is 21.1 Å². The second kappa shape index (κ2) is 11.2. The van der Waals surface area contributed by atoms with E-state index >= 15 is 0 Å². The molecule has 1 atom stereocenters. The first-order valence-corrected chi connectivity index (χ1v) is 10.7. The summed E-state index contributed by atoms with van der Waals surface area (Å²) in [5.41, 5.74) is 0.870. The first-order valence-electron chi connectivity index (χ1n) is 9.52. The van der Waals surface area contributed by atoms with E-state index in [1.807, 2.05) is 38.1 Å². The van der Waals surface area contributed by atoms with Crippen LogP contribution < -0.4 is 14.8 Å². The average molecular weight is 498 g/mol. The van der Waals surface area contributed by atoms with Crippen LogP contribution in [0.15, 0.2) is 46.9 Å². The summed E-state index contributed by atoms with van der Waals surface area (Å²) < 4.78 is 11.6. The van der Waals surface area contributed by atoms with Gasteiger partial charge in [-0.3, -0.25) is 9.59 Å². The van der Waals surface area contributed by atoms with Gasteiger partial charge in [0, 0.05) is 17.1 Å². The molecule has 0 aliphatic heterocycles. The van der Waals surface area contributed by atoms with Crippen molar-refractivity contribution in [3.8, 4) is 11.5 Å². The van der Waals surface area contributed by atoms with Crippen molar-refractivity contribution in [2.45, 2.75) is 39.4 Å². The van der Waals surface area contributed by atoms with Crippen molar-refractivity contribution < 1.29 is 19.1 Å². The number of hydrogen-bond acceptors (Lipinski definition) is 4. The van der Waals surface area contributed by atoms with Gasteiger partial charge in [-0.15, -0.1) is 0 Å². The third-order valence-corrected chi connectivity index (χ3v) is 5.14. The molecule has 1 N–H and O–H groups in total. The molecule has 2 aromatic carbocycles. The Hall–Kier alpha value is -2.25. The van der Waals surface area contributed by atoms with Crippen molar-refractivity contribution in [2.75, 3.05) is 13.7 Å². The molecule has 0 saturated carbocycles. The maximum absolute atomic E-state index is 13.0. The monoisotopic (exact) mass is 496 g/mol. The van der Waals surface area contributed by atoms with Gasteiger partial charge in [0.2, 0.25) is 5.91 Å². The fourth-order valence-electron chi connectivity index (χ4n) is 2.73. The van der Waals surface area contributed by atoms with Crippen molar-refractivity contribution in [1.29, 1.82) is 0 Å². The van der Waals surface area contributed by atoms with Gasteiger partial charge in [-0.25, -0.2) is 0 Å². The number of ether oxygens (including phenoxy) is 2. The van der Waals surface area contributed by atoms with Crippen LogP contribution in [-0.2, 0) is 16.1 Å². The number of halogens is 2. The van der Waals surface area contributed by atoms with Crippen LogP contribution in [0.2, 0.25) is 5.02 Å². The van der Waals surface area contributed by atoms with E-state index in [1.165, 1.54) is 4.90 Å². The first-order chi connectivity index (χ1) is 14.2. The topological polar surface area (TPSA) is 67.9 Å². The summed E-state index contributed by atoms with van der Waals surface area (Å²) in [6, 6.07) is 11.8. The molecule has 0 unspecified atom stereocenters. The minimum Gasteiger partial charge on any atom is -0.497 e. The molecule has 0 bridgehead atoms. The van der Waals surface area contributed by atoms with E-state index < -0.39 is 6.04 Å². The Morgan fingerprint density at radius 1 is 1.13 bits per heavy atom. The predicted molar refractivity (Wildman–Crippen MR) is 121 cm³/mol. The Morgan fingerprint density at radius 2 is 1.80 bits per heavy atom. The van der Waals surface area contributed by atoms with Gasteiger partial charge in [-0.05, 0) is 56.7 Å². The van der Waals surface area contributed by atoms with E-state index in [1.54, 1.807) is 32.2 Å². The third kappa shape index (κ3) is 6.92. The largest absolute Gasteiger partial charge is 0.497 e. The summed E-state index contributed by atoms with van der Waals surface area (Å²) in [6.07, 6.45) is 0. The zero-order valence-corrected chi connectivity index (χ0v) is 19.8. The smallest absolute Gasteiger partial charge is 0.261 e. The van der Waals surface area contributed by atoms with Crippen LogP contribution >= 0.6 is 27.5 Å². The van der Waals surface area contributed by atoms with Crippen molar-refractivity contribution in [3.05, 3.63) is 57.5 Å². The number of methoxy groups -OCH3 is 1. The molecule has 30 heavy (non-hydrogen) atoms. The molecule has 162 valence electrons. The Bertz CT molecular complexity index is 874. The average Bonchev–Trinajstić information content (AvgIpc) is 2.70. The summed E-state index contributed by atoms with van der Waals surface area (Å²) in [5.74, 6) is 0.567. The molecule has 0 heterocycles. The van der Waals surface area contributed by atoms with Crippen LogP contribution in [0.4, 0.5) is 0 Å². The molecule has 0 aliphatic rings. The fourth-order valence-corrected chi connectivity index (χ4v) is 3.46. The van der Waals surface area contributed by atoms with Gasteiger partial charge in [-0.1, -0.05) is 39.7 Å². The number of carbonyl (C=O) groups is 2. The van der Waals surface area contributed by atoms with Crippen molar-refractivity contribution in [1.82, 2.24) is 10.2 Å². The normalized spacial score (nSPS) is 11.7. The zero-order chi connectivity index (χ0) is 22.3. The molecule has 8 heteroatoms. The molecule has 0 fully saturated rings. The molecular weight excluding hydrogens is 472 g/mol. The lowest BCUT2D eigenvalue weighted by Gasteiger charge is -2.29. The van der Waals surface area contributed by atoms with Crippen molar-refractivity contribution in [3.63, 3.8) is 0 Å². The Kier molecular flexibility index (Phi) is 8.99. The van der Waals surface area contributed by atoms with Crippen molar-refractivity contribution in [2.24, 2.45) is 0 Å². The van der Waals surface area contributed by atoms with Crippen LogP contribution in [0.3, 0.4) is 0 Å². The second-order valence-corrected chi connectivity index (χ2v) is 8.40. The van der Waals surface area contributed by atoms with Gasteiger partial charge >= 0.3 is 0 Å². The molecule has 2 rings (SSSR count). The van der Waals surface area contributed by atoms with E-state index in [2.05, 4.69) is 21.2 Å². The molecule has 6 nitrogen and oxygen atoms in total. The summed E-state index contributed by atoms with van der Waals surface area (Å²) in [5, 5.41) is 3.24. The standard InChI is InChI=1S/C22H26BrClN2O4/c1-14(2)25-22(28)15(3)26(12-16-5-8-18(29-4)9-6-16)21(27)13-30-20-10-7-17(23)11-19(20)24/h5-11,14-15H,12-13H2,1-4H3,(H,25,28)/t15-/m1/s1. The highest BCUT2D eigenvalue weighted by molar-refractivity contribution is 9.10. The third-order valence-electron chi connectivity index (χ3n) is 4.36. The lowest BCUT2D eigenvalue weighted by atomic mass is 10.1. The highest BCUT2D eigenvalue weighted by atomic mass is 79.9. The molecule has 0 saturated heterocycles. The Labute approximate surface area is 190 Å². The number of amides is 2. The molecule has 2 aromatic rings. The van der Waals surface area contributed by atoms with E-state index in [0.29, 0.717) is 10.8 Å². The summed E-state index contributed by atoms with van der Waals surface area (Å²) in [7, 11) is 1.59. The summed E-state index contributed by atoms with van der Waals surface area (Å²) >= 11 is 9.50. The van der Waals surface area contributed by atoms with E-state index in [-0.39, 0.29) is 31.0 Å². The number of rotatable bonds is 9. The van der Waals surface area contributed by atoms with Gasteiger partial charge in [0.05, 0.1) is 12.1 Å². The van der Waals surface area contributed by atoms with Crippen molar-refractivity contribution >= 4 is 39.3 Å². The summed E-state index contributed by atoms with van der Waals surface area (Å²) in [6.45, 7) is 5.47. The molecule has 2 amide bonds. The Balaban J connectivity index is 2.17. The number of nitrogens with one attached hydrogen (secondary N) is 1. The SMILES string of the molecule is COc1ccc(CN(C(=O)COc2ccc(Br)cc2Cl)[C@H](C)C(=O)NC(C)C)cc1. The van der Waals surface area contributed by atoms with Crippen LogP contribution in [0.25, 0.3) is 0 Å².